The Morgan fingerprint density at radius 2 is 2.29 bits per heavy atom. The van der Waals surface area contributed by atoms with Crippen molar-refractivity contribution in [1.82, 2.24) is 5.32 Å². The maximum absolute atomic E-state index is 11.4. The van der Waals surface area contributed by atoms with Gasteiger partial charge in [0.1, 0.15) is 5.75 Å². The van der Waals surface area contributed by atoms with Crippen LogP contribution < -0.4 is 10.1 Å². The molecule has 17 heavy (non-hydrogen) atoms. The van der Waals surface area contributed by atoms with Crippen molar-refractivity contribution in [3.63, 3.8) is 0 Å². The number of para-hydroxylation sites is 1. The van der Waals surface area contributed by atoms with Crippen LogP contribution in [0, 0.1) is 11.8 Å². The molecule has 1 aromatic rings. The van der Waals surface area contributed by atoms with Crippen molar-refractivity contribution in [2.45, 2.75) is 25.8 Å². The smallest absolute Gasteiger partial charge is 0.296 e. The van der Waals surface area contributed by atoms with E-state index in [4.69, 9.17) is 4.74 Å². The van der Waals surface area contributed by atoms with Crippen LogP contribution in [0.2, 0.25) is 0 Å². The van der Waals surface area contributed by atoms with E-state index < -0.39 is 0 Å². The average Bonchev–Trinajstić information content (AvgIpc) is 2.50. The normalized spacial score (nSPS) is 17.8. The molecule has 88 valence electrons. The van der Waals surface area contributed by atoms with Gasteiger partial charge in [-0.05, 0) is 30.9 Å². The molecule has 1 amide bonds. The molecule has 0 bridgehead atoms. The van der Waals surface area contributed by atoms with Crippen molar-refractivity contribution in [2.75, 3.05) is 6.61 Å². The van der Waals surface area contributed by atoms with E-state index in [-0.39, 0.29) is 11.9 Å². The highest BCUT2D eigenvalue weighted by atomic mass is 16.5. The first kappa shape index (κ1) is 11.5. The summed E-state index contributed by atoms with van der Waals surface area (Å²) in [4.78, 5) is 11.4. The largest absolute Gasteiger partial charge is 0.493 e. The van der Waals surface area contributed by atoms with Crippen LogP contribution in [0.1, 0.15) is 18.9 Å². The van der Waals surface area contributed by atoms with Gasteiger partial charge in [-0.1, -0.05) is 24.1 Å². The van der Waals surface area contributed by atoms with Gasteiger partial charge in [-0.25, -0.2) is 0 Å². The summed E-state index contributed by atoms with van der Waals surface area (Å²) in [5.74, 6) is 5.81. The number of hydrogen-bond donors (Lipinski definition) is 1. The van der Waals surface area contributed by atoms with Crippen LogP contribution in [-0.4, -0.2) is 18.6 Å². The second kappa shape index (κ2) is 5.40. The number of amides is 1. The summed E-state index contributed by atoms with van der Waals surface area (Å²) in [6, 6.07) is 8.04. The minimum atomic E-state index is -0.211. The fraction of sp³-hybridized carbons (Fsp3) is 0.357. The summed E-state index contributed by atoms with van der Waals surface area (Å²) in [6.45, 7) is 2.28. The topological polar surface area (TPSA) is 38.3 Å². The molecule has 0 saturated heterocycles. The maximum Gasteiger partial charge on any atom is 0.296 e. The predicted octanol–water partition coefficient (Wildman–Crippen LogP) is 1.52. The highest BCUT2D eigenvalue weighted by Gasteiger charge is 2.18. The third-order valence-electron chi connectivity index (χ3n) is 2.74. The Balaban J connectivity index is 2.07. The van der Waals surface area contributed by atoms with Crippen LogP contribution in [0.25, 0.3) is 0 Å². The molecule has 0 spiro atoms. The molecular formula is C14H15NO2. The van der Waals surface area contributed by atoms with Crippen molar-refractivity contribution in [3.8, 4) is 17.6 Å². The van der Waals surface area contributed by atoms with E-state index in [0.717, 1.165) is 24.2 Å². The zero-order valence-electron chi connectivity index (χ0n) is 9.82. The third kappa shape index (κ3) is 3.01. The lowest BCUT2D eigenvalue weighted by atomic mass is 10.0. The summed E-state index contributed by atoms with van der Waals surface area (Å²) in [5, 5.41) is 2.91. The van der Waals surface area contributed by atoms with E-state index in [1.165, 1.54) is 0 Å². The van der Waals surface area contributed by atoms with Gasteiger partial charge in [0.05, 0.1) is 6.61 Å². The standard InChI is InChI=1S/C14H15NO2/c1-2-5-14(16)15-12-8-9-17-13-7-4-3-6-11(13)10-12/h3-4,6-7,12H,8-10H2,1H3,(H,15,16). The number of carbonyl (C=O) groups excluding carboxylic acids is 1. The highest BCUT2D eigenvalue weighted by Crippen LogP contribution is 2.23. The van der Waals surface area contributed by atoms with E-state index in [2.05, 4.69) is 17.2 Å². The summed E-state index contributed by atoms with van der Waals surface area (Å²) < 4.78 is 5.63. The second-order valence-corrected chi connectivity index (χ2v) is 3.99. The monoisotopic (exact) mass is 229 g/mol. The van der Waals surface area contributed by atoms with Gasteiger partial charge in [0.2, 0.25) is 0 Å². The molecule has 0 fully saturated rings. The van der Waals surface area contributed by atoms with Crippen LogP contribution in [0.4, 0.5) is 0 Å². The number of benzene rings is 1. The van der Waals surface area contributed by atoms with Crippen LogP contribution in [0.15, 0.2) is 24.3 Å². The van der Waals surface area contributed by atoms with Crippen molar-refractivity contribution >= 4 is 5.91 Å². The summed E-state index contributed by atoms with van der Waals surface area (Å²) in [7, 11) is 0. The average molecular weight is 229 g/mol. The molecule has 1 aliphatic rings. The molecule has 0 aromatic heterocycles. The van der Waals surface area contributed by atoms with Crippen LogP contribution in [0.5, 0.6) is 5.75 Å². The Labute approximate surface area is 101 Å². The second-order valence-electron chi connectivity index (χ2n) is 3.99. The van der Waals surface area contributed by atoms with E-state index >= 15 is 0 Å². The quantitative estimate of drug-likeness (QED) is 0.741. The minimum Gasteiger partial charge on any atom is -0.493 e. The van der Waals surface area contributed by atoms with Gasteiger partial charge in [-0.2, -0.15) is 0 Å². The van der Waals surface area contributed by atoms with Crippen molar-refractivity contribution in [2.24, 2.45) is 0 Å². The van der Waals surface area contributed by atoms with Gasteiger partial charge in [0, 0.05) is 12.5 Å². The first-order valence-electron chi connectivity index (χ1n) is 5.73. The Morgan fingerprint density at radius 3 is 3.12 bits per heavy atom. The first-order chi connectivity index (χ1) is 8.29. The number of hydrogen-bond acceptors (Lipinski definition) is 2. The molecule has 1 aliphatic heterocycles. The van der Waals surface area contributed by atoms with E-state index in [1.54, 1.807) is 6.92 Å². The van der Waals surface area contributed by atoms with Gasteiger partial charge in [-0.15, -0.1) is 0 Å². The summed E-state index contributed by atoms with van der Waals surface area (Å²) in [5.41, 5.74) is 1.14. The third-order valence-corrected chi connectivity index (χ3v) is 2.74. The molecule has 0 saturated carbocycles. The van der Waals surface area contributed by atoms with Gasteiger partial charge in [0.15, 0.2) is 0 Å². The molecule has 1 atom stereocenters. The molecule has 1 aromatic carbocycles. The SMILES string of the molecule is CC#CC(=O)NC1CCOc2ccccc2C1. The fourth-order valence-electron chi connectivity index (χ4n) is 1.95. The zero-order chi connectivity index (χ0) is 12.1. The van der Waals surface area contributed by atoms with Gasteiger partial charge >= 0.3 is 0 Å². The van der Waals surface area contributed by atoms with Gasteiger partial charge in [0.25, 0.3) is 5.91 Å². The number of carbonyl (C=O) groups is 1. The summed E-state index contributed by atoms with van der Waals surface area (Å²) in [6.07, 6.45) is 1.61. The maximum atomic E-state index is 11.4. The number of rotatable bonds is 1. The lowest BCUT2D eigenvalue weighted by Crippen LogP contribution is -2.35. The lowest BCUT2D eigenvalue weighted by Gasteiger charge is -2.13. The number of nitrogens with one attached hydrogen (secondary N) is 1. The van der Waals surface area contributed by atoms with Crippen LogP contribution in [0.3, 0.4) is 0 Å². The van der Waals surface area contributed by atoms with Crippen molar-refractivity contribution in [1.29, 1.82) is 0 Å². The Morgan fingerprint density at radius 1 is 1.47 bits per heavy atom. The van der Waals surface area contributed by atoms with Crippen molar-refractivity contribution < 1.29 is 9.53 Å². The molecule has 1 heterocycles. The molecule has 3 heteroatoms. The molecule has 3 nitrogen and oxygen atoms in total. The van der Waals surface area contributed by atoms with E-state index in [0.29, 0.717) is 6.61 Å². The van der Waals surface area contributed by atoms with Crippen LogP contribution in [-0.2, 0) is 11.2 Å². The highest BCUT2D eigenvalue weighted by molar-refractivity contribution is 5.93. The fourth-order valence-corrected chi connectivity index (χ4v) is 1.95. The zero-order valence-corrected chi connectivity index (χ0v) is 9.82. The lowest BCUT2D eigenvalue weighted by molar-refractivity contribution is -0.116. The Bertz CT molecular complexity index is 471. The van der Waals surface area contributed by atoms with E-state index in [9.17, 15) is 4.79 Å². The molecule has 2 rings (SSSR count). The first-order valence-corrected chi connectivity index (χ1v) is 5.73. The van der Waals surface area contributed by atoms with Gasteiger partial charge in [-0.3, -0.25) is 4.79 Å². The van der Waals surface area contributed by atoms with Crippen LogP contribution >= 0.6 is 0 Å². The molecule has 0 radical (unpaired) electrons. The number of ether oxygens (including phenoxy) is 1. The summed E-state index contributed by atoms with van der Waals surface area (Å²) >= 11 is 0. The number of fused-ring (bicyclic) bond motifs is 1. The molecule has 1 N–H and O–H groups in total. The van der Waals surface area contributed by atoms with E-state index in [1.807, 2.05) is 24.3 Å². The molecule has 1 unspecified atom stereocenters. The molecule has 0 aliphatic carbocycles. The Kier molecular flexibility index (Phi) is 3.66. The van der Waals surface area contributed by atoms with Gasteiger partial charge < -0.3 is 10.1 Å². The predicted molar refractivity (Wildman–Crippen MR) is 65.6 cm³/mol. The van der Waals surface area contributed by atoms with Crippen molar-refractivity contribution in [3.05, 3.63) is 29.8 Å². The Hall–Kier alpha value is -1.95. The molecular weight excluding hydrogens is 214 g/mol. The minimum absolute atomic E-state index is 0.104.